The number of nitrogens with one attached hydrogen (secondary N) is 2. The van der Waals surface area contributed by atoms with Gasteiger partial charge in [0.1, 0.15) is 11.6 Å². The lowest BCUT2D eigenvalue weighted by molar-refractivity contribution is 0.431. The van der Waals surface area contributed by atoms with Gasteiger partial charge in [-0.3, -0.25) is 0 Å². The van der Waals surface area contributed by atoms with Gasteiger partial charge in [-0.25, -0.2) is 9.97 Å². The Morgan fingerprint density at radius 1 is 0.613 bits per heavy atom. The maximum atomic E-state index is 4.90. The van der Waals surface area contributed by atoms with Crippen molar-refractivity contribution in [3.8, 4) is 0 Å². The molecule has 2 aliphatic rings. The molecule has 0 atom stereocenters. The van der Waals surface area contributed by atoms with Crippen LogP contribution < -0.4 is 0 Å². The lowest BCUT2D eigenvalue weighted by Gasteiger charge is -2.18. The Morgan fingerprint density at radius 3 is 1.52 bits per heavy atom. The molecule has 2 aromatic heterocycles. The fourth-order valence-electron chi connectivity index (χ4n) is 5.75. The summed E-state index contributed by atoms with van der Waals surface area (Å²) < 4.78 is 0. The molecule has 2 heterocycles. The maximum absolute atomic E-state index is 4.90. The van der Waals surface area contributed by atoms with Crippen molar-refractivity contribution in [2.24, 2.45) is 0 Å². The van der Waals surface area contributed by atoms with Gasteiger partial charge in [0.2, 0.25) is 0 Å². The van der Waals surface area contributed by atoms with Crippen molar-refractivity contribution < 1.29 is 0 Å². The Hall–Kier alpha value is -2.62. The molecule has 4 heteroatoms. The summed E-state index contributed by atoms with van der Waals surface area (Å²) >= 11 is 0. The van der Waals surface area contributed by atoms with Gasteiger partial charge in [0, 0.05) is 11.8 Å². The van der Waals surface area contributed by atoms with E-state index in [-0.39, 0.29) is 0 Å². The molecule has 2 aromatic carbocycles. The highest BCUT2D eigenvalue weighted by molar-refractivity contribution is 5.77. The Morgan fingerprint density at radius 2 is 1.06 bits per heavy atom. The monoisotopic (exact) mass is 412 g/mol. The zero-order valence-corrected chi connectivity index (χ0v) is 18.3. The smallest absolute Gasteiger partial charge is 0.110 e. The van der Waals surface area contributed by atoms with Crippen LogP contribution in [0.5, 0.6) is 0 Å². The molecular weight excluding hydrogens is 380 g/mol. The van der Waals surface area contributed by atoms with E-state index in [0.717, 1.165) is 17.5 Å². The molecule has 6 rings (SSSR count). The molecule has 0 saturated heterocycles. The van der Waals surface area contributed by atoms with E-state index in [0.29, 0.717) is 11.8 Å². The minimum atomic E-state index is 0.616. The normalized spacial score (nSPS) is 18.8. The van der Waals surface area contributed by atoms with Gasteiger partial charge >= 0.3 is 0 Å². The van der Waals surface area contributed by atoms with E-state index in [2.05, 4.69) is 46.4 Å². The van der Waals surface area contributed by atoms with Crippen molar-refractivity contribution >= 4 is 22.1 Å². The minimum Gasteiger partial charge on any atom is -0.342 e. The molecule has 2 aliphatic carbocycles. The van der Waals surface area contributed by atoms with Gasteiger partial charge in [-0.1, -0.05) is 50.7 Å². The fraction of sp³-hybridized carbons (Fsp3) is 0.481. The number of rotatable bonds is 4. The number of nitrogens with zero attached hydrogens (tertiary/aromatic N) is 2. The lowest BCUT2D eigenvalue weighted by atomic mass is 9.89. The van der Waals surface area contributed by atoms with Crippen molar-refractivity contribution in [2.45, 2.75) is 82.5 Å². The SMILES string of the molecule is c1cc2nc(C3CCCCC3)[nH]c2cc1Cc1ccc2nc(C3CCCCC3)[nH]c2c1. The minimum absolute atomic E-state index is 0.616. The molecule has 2 fully saturated rings. The van der Waals surface area contributed by atoms with Gasteiger partial charge in [-0.05, 0) is 67.5 Å². The van der Waals surface area contributed by atoms with Crippen LogP contribution in [0.2, 0.25) is 0 Å². The molecule has 0 radical (unpaired) electrons. The van der Waals surface area contributed by atoms with Crippen LogP contribution in [0, 0.1) is 0 Å². The van der Waals surface area contributed by atoms with Crippen LogP contribution >= 0.6 is 0 Å². The van der Waals surface area contributed by atoms with Crippen LogP contribution in [-0.2, 0) is 6.42 Å². The summed E-state index contributed by atoms with van der Waals surface area (Å²) in [6, 6.07) is 13.4. The molecule has 2 N–H and O–H groups in total. The van der Waals surface area contributed by atoms with Gasteiger partial charge in [-0.2, -0.15) is 0 Å². The molecule has 0 amide bonds. The second-order valence-corrected chi connectivity index (χ2v) is 9.79. The van der Waals surface area contributed by atoms with Crippen molar-refractivity contribution in [2.75, 3.05) is 0 Å². The molecule has 0 unspecified atom stereocenters. The van der Waals surface area contributed by atoms with E-state index in [1.54, 1.807) is 0 Å². The Bertz CT molecular complexity index is 1090. The summed E-state index contributed by atoms with van der Waals surface area (Å²) in [6.07, 6.45) is 14.2. The quantitative estimate of drug-likeness (QED) is 0.375. The van der Waals surface area contributed by atoms with E-state index in [1.807, 2.05) is 0 Å². The molecule has 0 aliphatic heterocycles. The highest BCUT2D eigenvalue weighted by atomic mass is 14.9. The van der Waals surface area contributed by atoms with Crippen molar-refractivity contribution in [1.29, 1.82) is 0 Å². The molecule has 31 heavy (non-hydrogen) atoms. The molecular formula is C27H32N4. The third-order valence-electron chi connectivity index (χ3n) is 7.52. The first kappa shape index (κ1) is 19.1. The Balaban J connectivity index is 1.23. The van der Waals surface area contributed by atoms with Crippen LogP contribution in [0.1, 0.15) is 98.8 Å². The summed E-state index contributed by atoms with van der Waals surface area (Å²) in [7, 11) is 0. The summed E-state index contributed by atoms with van der Waals surface area (Å²) in [4.78, 5) is 17.1. The zero-order valence-electron chi connectivity index (χ0n) is 18.3. The van der Waals surface area contributed by atoms with Gasteiger partial charge < -0.3 is 9.97 Å². The molecule has 2 saturated carbocycles. The second kappa shape index (κ2) is 8.14. The van der Waals surface area contributed by atoms with E-state index in [9.17, 15) is 0 Å². The number of hydrogen-bond acceptors (Lipinski definition) is 2. The molecule has 0 bridgehead atoms. The number of hydrogen-bond donors (Lipinski definition) is 2. The topological polar surface area (TPSA) is 57.4 Å². The number of fused-ring (bicyclic) bond motifs is 2. The number of benzene rings is 2. The third-order valence-corrected chi connectivity index (χ3v) is 7.52. The van der Waals surface area contributed by atoms with Crippen LogP contribution in [0.15, 0.2) is 36.4 Å². The van der Waals surface area contributed by atoms with Gasteiger partial charge in [0.05, 0.1) is 22.1 Å². The summed E-state index contributed by atoms with van der Waals surface area (Å²) in [5, 5.41) is 0. The average Bonchev–Trinajstić information content (AvgIpc) is 3.44. The Labute approximate surface area is 183 Å². The van der Waals surface area contributed by atoms with Crippen LogP contribution in [0.4, 0.5) is 0 Å². The van der Waals surface area contributed by atoms with Crippen LogP contribution in [0.25, 0.3) is 22.1 Å². The van der Waals surface area contributed by atoms with Crippen LogP contribution in [-0.4, -0.2) is 19.9 Å². The standard InChI is InChI=1S/C27H32N4/c1-3-7-20(8-4-1)26-28-22-13-11-18(16-24(22)30-26)15-19-12-14-23-25(17-19)31-27(29-23)21-9-5-2-6-10-21/h11-14,16-17,20-21H,1-10,15H2,(H,28,30)(H,29,31). The third kappa shape index (κ3) is 3.88. The van der Waals surface area contributed by atoms with E-state index < -0.39 is 0 Å². The van der Waals surface area contributed by atoms with E-state index >= 15 is 0 Å². The summed E-state index contributed by atoms with van der Waals surface area (Å²) in [6.45, 7) is 0. The van der Waals surface area contributed by atoms with Crippen molar-refractivity contribution in [3.05, 3.63) is 59.2 Å². The van der Waals surface area contributed by atoms with E-state index in [1.165, 1.54) is 98.0 Å². The van der Waals surface area contributed by atoms with Gasteiger partial charge in [0.15, 0.2) is 0 Å². The van der Waals surface area contributed by atoms with E-state index in [4.69, 9.17) is 9.97 Å². The highest BCUT2D eigenvalue weighted by Gasteiger charge is 2.20. The largest absolute Gasteiger partial charge is 0.342 e. The number of H-pyrrole nitrogens is 2. The molecule has 4 aromatic rings. The Kier molecular flexibility index (Phi) is 5.01. The molecule has 160 valence electrons. The van der Waals surface area contributed by atoms with Crippen molar-refractivity contribution in [1.82, 2.24) is 19.9 Å². The van der Waals surface area contributed by atoms with Crippen molar-refractivity contribution in [3.63, 3.8) is 0 Å². The first-order chi connectivity index (χ1) is 15.3. The predicted molar refractivity (Wildman–Crippen MR) is 127 cm³/mol. The second-order valence-electron chi connectivity index (χ2n) is 9.79. The maximum Gasteiger partial charge on any atom is 0.110 e. The molecule has 0 spiro atoms. The average molecular weight is 413 g/mol. The fourth-order valence-corrected chi connectivity index (χ4v) is 5.75. The van der Waals surface area contributed by atoms with Gasteiger partial charge in [-0.15, -0.1) is 0 Å². The highest BCUT2D eigenvalue weighted by Crippen LogP contribution is 2.33. The summed E-state index contributed by atoms with van der Waals surface area (Å²) in [5.41, 5.74) is 7.23. The molecule has 4 nitrogen and oxygen atoms in total. The van der Waals surface area contributed by atoms with Crippen LogP contribution in [0.3, 0.4) is 0 Å². The lowest BCUT2D eigenvalue weighted by Crippen LogP contribution is -2.05. The van der Waals surface area contributed by atoms with Gasteiger partial charge in [0.25, 0.3) is 0 Å². The number of aromatic amines is 2. The first-order valence-electron chi connectivity index (χ1n) is 12.3. The first-order valence-corrected chi connectivity index (χ1v) is 12.3. The summed E-state index contributed by atoms with van der Waals surface area (Å²) in [5.74, 6) is 3.62. The predicted octanol–water partition coefficient (Wildman–Crippen LogP) is 7.13. The number of aromatic nitrogens is 4. The zero-order chi connectivity index (χ0) is 20.6. The number of imidazole rings is 2.